The molecule has 0 aromatic rings. The summed E-state index contributed by atoms with van der Waals surface area (Å²) in [6.07, 6.45) is 6.28. The summed E-state index contributed by atoms with van der Waals surface area (Å²) >= 11 is 0. The first-order valence-electron chi connectivity index (χ1n) is 8.44. The van der Waals surface area contributed by atoms with Crippen molar-refractivity contribution in [1.82, 2.24) is 14.7 Å². The van der Waals surface area contributed by atoms with Crippen LogP contribution in [0.4, 0.5) is 4.79 Å². The zero-order valence-electron chi connectivity index (χ0n) is 13.1. The van der Waals surface area contributed by atoms with Crippen LogP contribution in [0, 0.1) is 5.92 Å². The lowest BCUT2D eigenvalue weighted by Crippen LogP contribution is -2.62. The van der Waals surface area contributed by atoms with Gasteiger partial charge < -0.3 is 9.80 Å². The van der Waals surface area contributed by atoms with E-state index in [-0.39, 0.29) is 0 Å². The fourth-order valence-electron chi connectivity index (χ4n) is 4.00. The van der Waals surface area contributed by atoms with Gasteiger partial charge in [-0.25, -0.2) is 4.79 Å². The lowest BCUT2D eigenvalue weighted by atomic mass is 9.97. The Balaban J connectivity index is 1.62. The van der Waals surface area contributed by atoms with E-state index in [1.54, 1.807) is 0 Å². The van der Waals surface area contributed by atoms with Gasteiger partial charge in [-0.1, -0.05) is 13.3 Å². The second-order valence-electron chi connectivity index (χ2n) is 7.10. The van der Waals surface area contributed by atoms with E-state index in [1.807, 2.05) is 0 Å². The van der Waals surface area contributed by atoms with E-state index >= 15 is 0 Å². The smallest absolute Gasteiger partial charge is 0.320 e. The number of fused-ring (bicyclic) bond motifs is 1. The van der Waals surface area contributed by atoms with Gasteiger partial charge in [-0.3, -0.25) is 4.90 Å². The minimum Gasteiger partial charge on any atom is -0.325 e. The molecule has 0 bridgehead atoms. The van der Waals surface area contributed by atoms with Crippen LogP contribution in [-0.2, 0) is 0 Å². The average Bonchev–Trinajstić information content (AvgIpc) is 2.46. The molecule has 3 aliphatic heterocycles. The lowest BCUT2D eigenvalue weighted by molar-refractivity contribution is 0.0221. The van der Waals surface area contributed by atoms with Crippen LogP contribution >= 0.6 is 0 Å². The summed E-state index contributed by atoms with van der Waals surface area (Å²) < 4.78 is 0. The Morgan fingerprint density at radius 1 is 0.950 bits per heavy atom. The van der Waals surface area contributed by atoms with Gasteiger partial charge in [-0.15, -0.1) is 0 Å². The van der Waals surface area contributed by atoms with Crippen LogP contribution in [0.1, 0.15) is 46.0 Å². The highest BCUT2D eigenvalue weighted by atomic mass is 16.2. The highest BCUT2D eigenvalue weighted by molar-refractivity contribution is 5.75. The van der Waals surface area contributed by atoms with E-state index in [0.29, 0.717) is 18.1 Å². The number of nitrogens with zero attached hydrogens (tertiary/aromatic N) is 3. The van der Waals surface area contributed by atoms with E-state index in [4.69, 9.17) is 0 Å². The summed E-state index contributed by atoms with van der Waals surface area (Å²) in [5, 5.41) is 0. The molecule has 114 valence electrons. The molecule has 3 saturated heterocycles. The van der Waals surface area contributed by atoms with Crippen molar-refractivity contribution in [1.29, 1.82) is 0 Å². The van der Waals surface area contributed by atoms with E-state index in [1.165, 1.54) is 38.6 Å². The van der Waals surface area contributed by atoms with Gasteiger partial charge in [0.25, 0.3) is 0 Å². The van der Waals surface area contributed by atoms with Gasteiger partial charge in [0.05, 0.1) is 0 Å². The summed E-state index contributed by atoms with van der Waals surface area (Å²) in [7, 11) is 0. The quantitative estimate of drug-likeness (QED) is 0.681. The van der Waals surface area contributed by atoms with Crippen LogP contribution in [0.25, 0.3) is 0 Å². The van der Waals surface area contributed by atoms with Gasteiger partial charge in [-0.05, 0) is 45.1 Å². The number of rotatable bonds is 0. The Hall–Kier alpha value is -0.770. The Bertz CT molecular complexity index is 352. The van der Waals surface area contributed by atoms with Crippen molar-refractivity contribution in [2.45, 2.75) is 58.0 Å². The van der Waals surface area contributed by atoms with Crippen molar-refractivity contribution >= 4 is 6.03 Å². The van der Waals surface area contributed by atoms with E-state index in [2.05, 4.69) is 28.5 Å². The van der Waals surface area contributed by atoms with Gasteiger partial charge in [0, 0.05) is 38.3 Å². The van der Waals surface area contributed by atoms with Crippen LogP contribution < -0.4 is 0 Å². The summed E-state index contributed by atoms with van der Waals surface area (Å²) in [4.78, 5) is 19.6. The number of piperidine rings is 2. The molecule has 3 heterocycles. The van der Waals surface area contributed by atoms with E-state index in [0.717, 1.165) is 32.1 Å². The van der Waals surface area contributed by atoms with Gasteiger partial charge in [-0.2, -0.15) is 0 Å². The molecule has 0 aromatic heterocycles. The molecule has 4 nitrogen and oxygen atoms in total. The van der Waals surface area contributed by atoms with Crippen molar-refractivity contribution in [3.05, 3.63) is 0 Å². The van der Waals surface area contributed by atoms with E-state index < -0.39 is 0 Å². The normalized spacial score (nSPS) is 33.1. The molecule has 2 atom stereocenters. The fraction of sp³-hybridized carbons (Fsp3) is 0.938. The van der Waals surface area contributed by atoms with Crippen LogP contribution in [0.2, 0.25) is 0 Å². The molecule has 2 unspecified atom stereocenters. The number of carbonyl (C=O) groups excluding carboxylic acids is 1. The number of hydrogen-bond acceptors (Lipinski definition) is 2. The third-order valence-corrected chi connectivity index (χ3v) is 5.49. The molecule has 0 N–H and O–H groups in total. The van der Waals surface area contributed by atoms with E-state index in [9.17, 15) is 4.79 Å². The zero-order chi connectivity index (χ0) is 14.1. The average molecular weight is 279 g/mol. The summed E-state index contributed by atoms with van der Waals surface area (Å²) in [6.45, 7) is 9.68. The first-order valence-corrected chi connectivity index (χ1v) is 8.44. The second kappa shape index (κ2) is 5.92. The van der Waals surface area contributed by atoms with Crippen molar-refractivity contribution in [3.63, 3.8) is 0 Å². The summed E-state index contributed by atoms with van der Waals surface area (Å²) in [5.41, 5.74) is 0. The number of amides is 2. The van der Waals surface area contributed by atoms with Crippen molar-refractivity contribution in [2.75, 3.05) is 32.7 Å². The maximum Gasteiger partial charge on any atom is 0.320 e. The largest absolute Gasteiger partial charge is 0.325 e. The molecular formula is C16H29N3O. The summed E-state index contributed by atoms with van der Waals surface area (Å²) in [6, 6.07) is 1.29. The molecule has 0 spiro atoms. The molecular weight excluding hydrogens is 250 g/mol. The molecule has 4 heteroatoms. The van der Waals surface area contributed by atoms with Crippen LogP contribution in [0.15, 0.2) is 0 Å². The van der Waals surface area contributed by atoms with Gasteiger partial charge in [0.2, 0.25) is 0 Å². The highest BCUT2D eigenvalue weighted by Gasteiger charge is 2.37. The Morgan fingerprint density at radius 3 is 2.45 bits per heavy atom. The number of urea groups is 1. The molecule has 20 heavy (non-hydrogen) atoms. The molecule has 0 aliphatic carbocycles. The van der Waals surface area contributed by atoms with Crippen LogP contribution in [0.3, 0.4) is 0 Å². The molecule has 3 fully saturated rings. The minimum atomic E-state index is 0.301. The van der Waals surface area contributed by atoms with Gasteiger partial charge >= 0.3 is 6.03 Å². The Morgan fingerprint density at radius 2 is 1.70 bits per heavy atom. The predicted octanol–water partition coefficient (Wildman–Crippen LogP) is 2.40. The van der Waals surface area contributed by atoms with Crippen LogP contribution in [-0.4, -0.2) is 65.5 Å². The summed E-state index contributed by atoms with van der Waals surface area (Å²) in [5.74, 6) is 0.784. The maximum absolute atomic E-state index is 12.8. The molecule has 0 aromatic carbocycles. The predicted molar refractivity (Wildman–Crippen MR) is 80.7 cm³/mol. The standard InChI is InChI=1S/C16H29N3O/c1-13-6-9-17(10-7-13)16(20)19-12-15-5-3-4-8-18(15)11-14(19)2/h13-15H,3-12H2,1-2H3. The SMILES string of the molecule is CC1CCN(C(=O)N2CC3CCCCN3CC2C)CC1. The molecule has 2 amide bonds. The monoisotopic (exact) mass is 279 g/mol. The van der Waals surface area contributed by atoms with Crippen molar-refractivity contribution < 1.29 is 4.79 Å². The van der Waals surface area contributed by atoms with Gasteiger partial charge in [0.1, 0.15) is 0 Å². The first kappa shape index (κ1) is 14.2. The number of carbonyl (C=O) groups is 1. The molecule has 3 rings (SSSR count). The highest BCUT2D eigenvalue weighted by Crippen LogP contribution is 2.26. The lowest BCUT2D eigenvalue weighted by Gasteiger charge is -2.48. The molecule has 0 saturated carbocycles. The fourth-order valence-corrected chi connectivity index (χ4v) is 4.00. The van der Waals surface area contributed by atoms with Gasteiger partial charge in [0.15, 0.2) is 0 Å². The number of likely N-dealkylation sites (tertiary alicyclic amines) is 1. The maximum atomic E-state index is 12.8. The molecule has 3 aliphatic rings. The van der Waals surface area contributed by atoms with Crippen molar-refractivity contribution in [2.24, 2.45) is 5.92 Å². The molecule has 0 radical (unpaired) electrons. The third-order valence-electron chi connectivity index (χ3n) is 5.49. The topological polar surface area (TPSA) is 26.8 Å². The third kappa shape index (κ3) is 2.80. The Labute approximate surface area is 123 Å². The van der Waals surface area contributed by atoms with Crippen molar-refractivity contribution in [3.8, 4) is 0 Å². The number of piperazine rings is 1. The second-order valence-corrected chi connectivity index (χ2v) is 7.10. The minimum absolute atomic E-state index is 0.301. The zero-order valence-corrected chi connectivity index (χ0v) is 13.1. The Kier molecular flexibility index (Phi) is 4.20. The first-order chi connectivity index (χ1) is 9.65. The number of hydrogen-bond donors (Lipinski definition) is 0. The van der Waals surface area contributed by atoms with Crippen LogP contribution in [0.5, 0.6) is 0 Å².